The van der Waals surface area contributed by atoms with Crippen molar-refractivity contribution in [1.29, 1.82) is 0 Å². The Bertz CT molecular complexity index is 1210. The average Bonchev–Trinajstić information content (AvgIpc) is 2.82. The standard InChI is InChI=1S/C26H29ClN2O4S/c1-4-23(20-12-10-19(3)11-13-20)28-26(30)18-29(24-8-6-7-9-25(24)33-5-2)34(31,32)22-16-14-21(27)15-17-22/h6-17,23H,4-5,18H2,1-3H3,(H,28,30)/t23-/m0/s1. The van der Waals surface area contributed by atoms with E-state index >= 15 is 0 Å². The van der Waals surface area contributed by atoms with Gasteiger partial charge in [-0.3, -0.25) is 9.10 Å². The average molecular weight is 501 g/mol. The number of carbonyl (C=O) groups is 1. The number of carbonyl (C=O) groups excluding carboxylic acids is 1. The highest BCUT2D eigenvalue weighted by Gasteiger charge is 2.30. The molecule has 180 valence electrons. The predicted molar refractivity (Wildman–Crippen MR) is 136 cm³/mol. The second-order valence-electron chi connectivity index (χ2n) is 7.81. The van der Waals surface area contributed by atoms with E-state index in [1.54, 1.807) is 24.3 Å². The molecule has 1 amide bonds. The maximum atomic E-state index is 13.6. The first-order valence-corrected chi connectivity index (χ1v) is 12.9. The Labute approximate surface area is 206 Å². The van der Waals surface area contributed by atoms with Gasteiger partial charge in [-0.15, -0.1) is 0 Å². The fourth-order valence-corrected chi connectivity index (χ4v) is 5.12. The number of rotatable bonds is 10. The van der Waals surface area contributed by atoms with E-state index in [0.29, 0.717) is 23.8 Å². The van der Waals surface area contributed by atoms with Crippen LogP contribution < -0.4 is 14.4 Å². The summed E-state index contributed by atoms with van der Waals surface area (Å²) in [4.78, 5) is 13.2. The minimum atomic E-state index is -4.09. The lowest BCUT2D eigenvalue weighted by Crippen LogP contribution is -2.42. The van der Waals surface area contributed by atoms with Crippen LogP contribution in [0.5, 0.6) is 5.75 Å². The number of nitrogens with zero attached hydrogens (tertiary/aromatic N) is 1. The first-order valence-electron chi connectivity index (χ1n) is 11.1. The van der Waals surface area contributed by atoms with Gasteiger partial charge in [0.2, 0.25) is 5.91 Å². The van der Waals surface area contributed by atoms with Crippen LogP contribution in [0.15, 0.2) is 77.7 Å². The molecule has 0 aliphatic rings. The second kappa shape index (κ2) is 11.4. The molecule has 0 saturated carbocycles. The Morgan fingerprint density at radius 3 is 2.26 bits per heavy atom. The summed E-state index contributed by atoms with van der Waals surface area (Å²) in [6.07, 6.45) is 0.661. The number of hydrogen-bond acceptors (Lipinski definition) is 4. The minimum absolute atomic E-state index is 0.0292. The van der Waals surface area contributed by atoms with Gasteiger partial charge in [0.05, 0.1) is 23.2 Å². The third-order valence-corrected chi connectivity index (χ3v) is 7.37. The van der Waals surface area contributed by atoms with Crippen molar-refractivity contribution in [3.05, 3.63) is 88.9 Å². The molecule has 8 heteroatoms. The Balaban J connectivity index is 1.96. The summed E-state index contributed by atoms with van der Waals surface area (Å²) in [5, 5.41) is 3.40. The van der Waals surface area contributed by atoms with Crippen molar-refractivity contribution < 1.29 is 17.9 Å². The maximum Gasteiger partial charge on any atom is 0.264 e. The van der Waals surface area contributed by atoms with Gasteiger partial charge in [0.15, 0.2) is 0 Å². The molecule has 0 aliphatic carbocycles. The van der Waals surface area contributed by atoms with Gasteiger partial charge in [0.25, 0.3) is 10.0 Å². The number of sulfonamides is 1. The first kappa shape index (κ1) is 25.6. The zero-order valence-corrected chi connectivity index (χ0v) is 21.1. The topological polar surface area (TPSA) is 75.7 Å². The number of ether oxygens (including phenoxy) is 1. The molecule has 0 aromatic heterocycles. The number of nitrogens with one attached hydrogen (secondary N) is 1. The summed E-state index contributed by atoms with van der Waals surface area (Å²) in [5.41, 5.74) is 2.37. The van der Waals surface area contributed by atoms with Crippen molar-refractivity contribution >= 4 is 33.2 Å². The molecular weight excluding hydrogens is 472 g/mol. The second-order valence-corrected chi connectivity index (χ2v) is 10.1. The summed E-state index contributed by atoms with van der Waals surface area (Å²) in [6.45, 7) is 5.73. The normalized spacial score (nSPS) is 12.1. The molecule has 0 radical (unpaired) electrons. The van der Waals surface area contributed by atoms with Gasteiger partial charge in [-0.25, -0.2) is 8.42 Å². The summed E-state index contributed by atoms with van der Waals surface area (Å²) in [5.74, 6) is -0.0443. The lowest BCUT2D eigenvalue weighted by atomic mass is 10.0. The molecule has 0 unspecified atom stereocenters. The SMILES string of the molecule is CCOc1ccccc1N(CC(=O)N[C@@H](CC)c1ccc(C)cc1)S(=O)(=O)c1ccc(Cl)cc1. The summed E-state index contributed by atoms with van der Waals surface area (Å²) >= 11 is 5.96. The van der Waals surface area contributed by atoms with Crippen molar-refractivity contribution in [3.63, 3.8) is 0 Å². The molecule has 1 atom stereocenters. The fraction of sp³-hybridized carbons (Fsp3) is 0.269. The Morgan fingerprint density at radius 2 is 1.65 bits per heavy atom. The number of para-hydroxylation sites is 2. The molecule has 0 bridgehead atoms. The van der Waals surface area contributed by atoms with Gasteiger partial charge < -0.3 is 10.1 Å². The zero-order chi connectivity index (χ0) is 24.7. The van der Waals surface area contributed by atoms with Crippen LogP contribution in [0.3, 0.4) is 0 Å². The lowest BCUT2D eigenvalue weighted by Gasteiger charge is -2.27. The highest BCUT2D eigenvalue weighted by atomic mass is 35.5. The molecular formula is C26H29ClN2O4S. The van der Waals surface area contributed by atoms with E-state index in [4.69, 9.17) is 16.3 Å². The van der Waals surface area contributed by atoms with E-state index in [-0.39, 0.29) is 16.6 Å². The number of aryl methyl sites for hydroxylation is 1. The molecule has 34 heavy (non-hydrogen) atoms. The van der Waals surface area contributed by atoms with E-state index in [9.17, 15) is 13.2 Å². The van der Waals surface area contributed by atoms with Gasteiger partial charge >= 0.3 is 0 Å². The quantitative estimate of drug-likeness (QED) is 0.398. The van der Waals surface area contributed by atoms with E-state index in [2.05, 4.69) is 5.32 Å². The molecule has 0 spiro atoms. The predicted octanol–water partition coefficient (Wildman–Crippen LogP) is 5.51. The van der Waals surface area contributed by atoms with Crippen LogP contribution in [-0.2, 0) is 14.8 Å². The molecule has 6 nitrogen and oxygen atoms in total. The summed E-state index contributed by atoms with van der Waals surface area (Å²) < 4.78 is 34.0. The fourth-order valence-electron chi connectivity index (χ4n) is 3.56. The van der Waals surface area contributed by atoms with E-state index < -0.39 is 22.5 Å². The van der Waals surface area contributed by atoms with Crippen LogP contribution in [0.4, 0.5) is 5.69 Å². The highest BCUT2D eigenvalue weighted by molar-refractivity contribution is 7.92. The van der Waals surface area contributed by atoms with Gasteiger partial charge in [0, 0.05) is 5.02 Å². The Morgan fingerprint density at radius 1 is 1.00 bits per heavy atom. The van der Waals surface area contributed by atoms with E-state index in [1.165, 1.54) is 24.3 Å². The van der Waals surface area contributed by atoms with Gasteiger partial charge in [0.1, 0.15) is 12.3 Å². The van der Waals surface area contributed by atoms with Gasteiger partial charge in [-0.2, -0.15) is 0 Å². The molecule has 3 aromatic rings. The summed E-state index contributed by atoms with van der Waals surface area (Å²) in [6, 6.07) is 20.3. The maximum absolute atomic E-state index is 13.6. The molecule has 0 fully saturated rings. The molecule has 0 aliphatic heterocycles. The monoisotopic (exact) mass is 500 g/mol. The number of amides is 1. The molecule has 0 saturated heterocycles. The van der Waals surface area contributed by atoms with Crippen molar-refractivity contribution in [2.24, 2.45) is 0 Å². The van der Waals surface area contributed by atoms with E-state index in [0.717, 1.165) is 15.4 Å². The number of hydrogen-bond donors (Lipinski definition) is 1. The highest BCUT2D eigenvalue weighted by Crippen LogP contribution is 2.33. The largest absolute Gasteiger partial charge is 0.492 e. The van der Waals surface area contributed by atoms with Gasteiger partial charge in [-0.05, 0) is 62.2 Å². The number of anilines is 1. The van der Waals surface area contributed by atoms with Crippen LogP contribution in [0.1, 0.15) is 37.4 Å². The summed E-state index contributed by atoms with van der Waals surface area (Å²) in [7, 11) is -4.09. The van der Waals surface area contributed by atoms with Crippen molar-refractivity contribution in [1.82, 2.24) is 5.32 Å². The van der Waals surface area contributed by atoms with Crippen LogP contribution in [0.2, 0.25) is 5.02 Å². The van der Waals surface area contributed by atoms with Crippen molar-refractivity contribution in [3.8, 4) is 5.75 Å². The van der Waals surface area contributed by atoms with Gasteiger partial charge in [-0.1, -0.05) is 60.5 Å². The molecule has 3 rings (SSSR count). The van der Waals surface area contributed by atoms with E-state index in [1.807, 2.05) is 45.0 Å². The van der Waals surface area contributed by atoms with Crippen LogP contribution in [-0.4, -0.2) is 27.5 Å². The Hall–Kier alpha value is -3.03. The van der Waals surface area contributed by atoms with Crippen LogP contribution >= 0.6 is 11.6 Å². The smallest absolute Gasteiger partial charge is 0.264 e. The first-order chi connectivity index (χ1) is 16.3. The third kappa shape index (κ3) is 6.10. The molecule has 0 heterocycles. The Kier molecular flexibility index (Phi) is 8.58. The van der Waals surface area contributed by atoms with Crippen molar-refractivity contribution in [2.75, 3.05) is 17.5 Å². The molecule has 3 aromatic carbocycles. The van der Waals surface area contributed by atoms with Crippen LogP contribution in [0.25, 0.3) is 0 Å². The zero-order valence-electron chi connectivity index (χ0n) is 19.5. The minimum Gasteiger partial charge on any atom is -0.492 e. The lowest BCUT2D eigenvalue weighted by molar-refractivity contribution is -0.120. The molecule has 1 N–H and O–H groups in total. The van der Waals surface area contributed by atoms with Crippen molar-refractivity contribution in [2.45, 2.75) is 38.1 Å². The van der Waals surface area contributed by atoms with Crippen LogP contribution in [0, 0.1) is 6.92 Å². The third-order valence-electron chi connectivity index (χ3n) is 5.35. The number of halogens is 1. The number of benzene rings is 3.